The van der Waals surface area contributed by atoms with Crippen molar-refractivity contribution in [2.45, 2.75) is 38.7 Å². The first-order valence-corrected chi connectivity index (χ1v) is 6.80. The van der Waals surface area contributed by atoms with E-state index in [1.54, 1.807) is 6.92 Å². The monoisotopic (exact) mass is 265 g/mol. The number of amides is 1. The highest BCUT2D eigenvalue weighted by molar-refractivity contribution is 5.95. The van der Waals surface area contributed by atoms with Gasteiger partial charge in [0.05, 0.1) is 6.10 Å². The molecule has 104 valence electrons. The summed E-state index contributed by atoms with van der Waals surface area (Å²) in [6, 6.07) is 4.14. The van der Waals surface area contributed by atoms with E-state index >= 15 is 0 Å². The van der Waals surface area contributed by atoms with Crippen molar-refractivity contribution in [2.75, 3.05) is 6.54 Å². The Morgan fingerprint density at radius 1 is 1.42 bits per heavy atom. The van der Waals surface area contributed by atoms with Crippen LogP contribution >= 0.6 is 0 Å². The summed E-state index contributed by atoms with van der Waals surface area (Å²) < 4.78 is 13.0. The summed E-state index contributed by atoms with van der Waals surface area (Å²) in [5, 5.41) is 12.7. The molecule has 0 aromatic heterocycles. The fraction of sp³-hybridized carbons (Fsp3) is 0.533. The summed E-state index contributed by atoms with van der Waals surface area (Å²) in [4.78, 5) is 12.0. The molecule has 2 rings (SSSR count). The summed E-state index contributed by atoms with van der Waals surface area (Å²) in [6.45, 7) is 2.20. The van der Waals surface area contributed by atoms with Crippen LogP contribution < -0.4 is 5.32 Å². The first-order chi connectivity index (χ1) is 9.08. The van der Waals surface area contributed by atoms with Gasteiger partial charge in [0, 0.05) is 18.0 Å². The van der Waals surface area contributed by atoms with Crippen LogP contribution in [0.25, 0.3) is 0 Å². The van der Waals surface area contributed by atoms with E-state index in [-0.39, 0.29) is 23.7 Å². The van der Waals surface area contributed by atoms with Gasteiger partial charge in [0.25, 0.3) is 5.91 Å². The molecule has 2 N–H and O–H groups in total. The zero-order chi connectivity index (χ0) is 13.8. The molecule has 1 saturated carbocycles. The highest BCUT2D eigenvalue weighted by atomic mass is 19.1. The van der Waals surface area contributed by atoms with Gasteiger partial charge >= 0.3 is 0 Å². The van der Waals surface area contributed by atoms with Gasteiger partial charge in [-0.1, -0.05) is 12.8 Å². The number of halogens is 1. The molecule has 0 heterocycles. The first-order valence-electron chi connectivity index (χ1n) is 6.80. The highest BCUT2D eigenvalue weighted by Gasteiger charge is 2.23. The molecule has 0 spiro atoms. The molecule has 0 radical (unpaired) electrons. The lowest BCUT2D eigenvalue weighted by atomic mass is 9.86. The highest BCUT2D eigenvalue weighted by Crippen LogP contribution is 2.23. The minimum Gasteiger partial charge on any atom is -0.393 e. The number of benzene rings is 1. The number of carbonyl (C=O) groups is 1. The second-order valence-corrected chi connectivity index (χ2v) is 5.28. The van der Waals surface area contributed by atoms with E-state index < -0.39 is 0 Å². The fourth-order valence-electron chi connectivity index (χ4n) is 2.63. The van der Waals surface area contributed by atoms with Gasteiger partial charge in [-0.25, -0.2) is 4.39 Å². The fourth-order valence-corrected chi connectivity index (χ4v) is 2.63. The van der Waals surface area contributed by atoms with E-state index in [2.05, 4.69) is 5.32 Å². The lowest BCUT2D eigenvalue weighted by Gasteiger charge is -2.27. The Kier molecular flexibility index (Phi) is 4.53. The van der Waals surface area contributed by atoms with Crippen LogP contribution in [0.3, 0.4) is 0 Å². The Labute approximate surface area is 112 Å². The SMILES string of the molecule is Cc1cc(F)ccc1C(=O)NCC1CCCCC1O. The lowest BCUT2D eigenvalue weighted by Crippen LogP contribution is -2.36. The lowest BCUT2D eigenvalue weighted by molar-refractivity contribution is 0.0663. The summed E-state index contributed by atoms with van der Waals surface area (Å²) >= 11 is 0. The van der Waals surface area contributed by atoms with Crippen LogP contribution in [0, 0.1) is 18.7 Å². The van der Waals surface area contributed by atoms with E-state index in [1.165, 1.54) is 18.2 Å². The molecule has 1 aromatic rings. The van der Waals surface area contributed by atoms with Gasteiger partial charge < -0.3 is 10.4 Å². The van der Waals surface area contributed by atoms with Crippen molar-refractivity contribution >= 4 is 5.91 Å². The average molecular weight is 265 g/mol. The molecule has 4 heteroatoms. The van der Waals surface area contributed by atoms with E-state index in [0.29, 0.717) is 17.7 Å². The van der Waals surface area contributed by atoms with Crippen LogP contribution in [-0.4, -0.2) is 23.7 Å². The third-order valence-corrected chi connectivity index (χ3v) is 3.83. The van der Waals surface area contributed by atoms with E-state index in [1.807, 2.05) is 0 Å². The number of aryl methyl sites for hydroxylation is 1. The summed E-state index contributed by atoms with van der Waals surface area (Å²) in [6.07, 6.45) is 3.61. The van der Waals surface area contributed by atoms with Crippen LogP contribution in [0.2, 0.25) is 0 Å². The van der Waals surface area contributed by atoms with Crippen LogP contribution in [0.1, 0.15) is 41.6 Å². The molecular weight excluding hydrogens is 245 g/mol. The Balaban J connectivity index is 1.93. The molecule has 1 aromatic carbocycles. The quantitative estimate of drug-likeness (QED) is 0.881. The van der Waals surface area contributed by atoms with Crippen LogP contribution in [0.4, 0.5) is 4.39 Å². The topological polar surface area (TPSA) is 49.3 Å². The van der Waals surface area contributed by atoms with Crippen molar-refractivity contribution in [1.29, 1.82) is 0 Å². The van der Waals surface area contributed by atoms with Crippen molar-refractivity contribution < 1.29 is 14.3 Å². The molecule has 2 unspecified atom stereocenters. The Morgan fingerprint density at radius 2 is 2.16 bits per heavy atom. The second-order valence-electron chi connectivity index (χ2n) is 5.28. The number of carbonyl (C=O) groups excluding carboxylic acids is 1. The molecule has 1 fully saturated rings. The predicted molar refractivity (Wildman–Crippen MR) is 71.4 cm³/mol. The van der Waals surface area contributed by atoms with Crippen molar-refractivity contribution in [2.24, 2.45) is 5.92 Å². The Hall–Kier alpha value is -1.42. The number of rotatable bonds is 3. The zero-order valence-corrected chi connectivity index (χ0v) is 11.2. The number of nitrogens with one attached hydrogen (secondary N) is 1. The molecule has 2 atom stereocenters. The number of hydrogen-bond donors (Lipinski definition) is 2. The maximum absolute atomic E-state index is 13.0. The number of hydrogen-bond acceptors (Lipinski definition) is 2. The minimum absolute atomic E-state index is 0.137. The van der Waals surface area contributed by atoms with Gasteiger partial charge in [-0.3, -0.25) is 4.79 Å². The molecular formula is C15H20FNO2. The molecule has 1 amide bonds. The third kappa shape index (κ3) is 3.53. The molecule has 0 aliphatic heterocycles. The summed E-state index contributed by atoms with van der Waals surface area (Å²) in [5.74, 6) is -0.398. The molecule has 0 bridgehead atoms. The van der Waals surface area contributed by atoms with Gasteiger partial charge in [0.2, 0.25) is 0 Å². The number of aliphatic hydroxyl groups excluding tert-OH is 1. The van der Waals surface area contributed by atoms with Gasteiger partial charge in [-0.15, -0.1) is 0 Å². The van der Waals surface area contributed by atoms with Gasteiger partial charge in [0.1, 0.15) is 5.82 Å². The Morgan fingerprint density at radius 3 is 2.84 bits per heavy atom. The molecule has 1 aliphatic carbocycles. The molecule has 1 aliphatic rings. The van der Waals surface area contributed by atoms with Crippen molar-refractivity contribution in [3.63, 3.8) is 0 Å². The molecule has 0 saturated heterocycles. The smallest absolute Gasteiger partial charge is 0.251 e. The van der Waals surface area contributed by atoms with E-state index in [9.17, 15) is 14.3 Å². The average Bonchev–Trinajstić information content (AvgIpc) is 2.37. The standard InChI is InChI=1S/C15H20FNO2/c1-10-8-12(16)6-7-13(10)15(19)17-9-11-4-2-3-5-14(11)18/h6-8,11,14,18H,2-5,9H2,1H3,(H,17,19). The van der Waals surface area contributed by atoms with Crippen molar-refractivity contribution in [3.8, 4) is 0 Å². The van der Waals surface area contributed by atoms with Crippen molar-refractivity contribution in [3.05, 3.63) is 35.1 Å². The maximum Gasteiger partial charge on any atom is 0.251 e. The summed E-state index contributed by atoms with van der Waals surface area (Å²) in [5.41, 5.74) is 1.12. The second kappa shape index (κ2) is 6.15. The largest absolute Gasteiger partial charge is 0.393 e. The van der Waals surface area contributed by atoms with Crippen molar-refractivity contribution in [1.82, 2.24) is 5.32 Å². The van der Waals surface area contributed by atoms with Crippen LogP contribution in [-0.2, 0) is 0 Å². The zero-order valence-electron chi connectivity index (χ0n) is 11.2. The van der Waals surface area contributed by atoms with Crippen LogP contribution in [0.5, 0.6) is 0 Å². The summed E-state index contributed by atoms with van der Waals surface area (Å²) in [7, 11) is 0. The maximum atomic E-state index is 13.0. The Bertz CT molecular complexity index is 461. The molecule has 3 nitrogen and oxygen atoms in total. The van der Waals surface area contributed by atoms with E-state index in [4.69, 9.17) is 0 Å². The third-order valence-electron chi connectivity index (χ3n) is 3.83. The predicted octanol–water partition coefficient (Wildman–Crippen LogP) is 2.42. The van der Waals surface area contributed by atoms with Gasteiger partial charge in [-0.05, 0) is 43.5 Å². The minimum atomic E-state index is -0.336. The first kappa shape index (κ1) is 14.0. The number of aliphatic hydroxyl groups is 1. The molecule has 19 heavy (non-hydrogen) atoms. The van der Waals surface area contributed by atoms with E-state index in [0.717, 1.165) is 25.7 Å². The normalized spacial score (nSPS) is 23.1. The van der Waals surface area contributed by atoms with Gasteiger partial charge in [0.15, 0.2) is 0 Å². The van der Waals surface area contributed by atoms with Crippen LogP contribution in [0.15, 0.2) is 18.2 Å². The van der Waals surface area contributed by atoms with Gasteiger partial charge in [-0.2, -0.15) is 0 Å².